The Morgan fingerprint density at radius 2 is 2.20 bits per heavy atom. The van der Waals surface area contributed by atoms with Gasteiger partial charge in [-0.3, -0.25) is 4.79 Å². The lowest BCUT2D eigenvalue weighted by Crippen LogP contribution is -2.26. The third-order valence-corrected chi connectivity index (χ3v) is 4.04. The molecule has 2 unspecified atom stereocenters. The van der Waals surface area contributed by atoms with Gasteiger partial charge < -0.3 is 5.32 Å². The summed E-state index contributed by atoms with van der Waals surface area (Å²) in [5.74, 6) is 0.898. The molecule has 2 heteroatoms. The third kappa shape index (κ3) is 0.717. The maximum absolute atomic E-state index is 12.4. The number of hydrogen-bond donors (Lipinski definition) is 1. The lowest BCUT2D eigenvalue weighted by atomic mass is 9.83. The van der Waals surface area contributed by atoms with E-state index >= 15 is 0 Å². The molecule has 0 amide bonds. The Morgan fingerprint density at radius 3 is 3.07 bits per heavy atom. The molecule has 1 heterocycles. The summed E-state index contributed by atoms with van der Waals surface area (Å²) < 4.78 is 0. The number of carbonyl (C=O) groups excluding carboxylic acids is 1. The summed E-state index contributed by atoms with van der Waals surface area (Å²) in [5.41, 5.74) is 3.01. The van der Waals surface area contributed by atoms with Crippen molar-refractivity contribution in [3.63, 3.8) is 0 Å². The smallest absolute Gasteiger partial charge is 0.175 e. The molecule has 74 valence electrons. The van der Waals surface area contributed by atoms with E-state index < -0.39 is 0 Å². The number of ketones is 1. The number of piperidine rings is 1. The first-order valence-corrected chi connectivity index (χ1v) is 5.42. The molecule has 4 rings (SSSR count). The van der Waals surface area contributed by atoms with E-state index in [1.54, 1.807) is 0 Å². The van der Waals surface area contributed by atoms with Crippen molar-refractivity contribution in [1.82, 2.24) is 5.32 Å². The molecule has 1 aliphatic heterocycles. The van der Waals surface area contributed by atoms with E-state index in [1.165, 1.54) is 0 Å². The van der Waals surface area contributed by atoms with Crippen molar-refractivity contribution >= 4 is 11.9 Å². The number of fused-ring (bicyclic) bond motifs is 1. The van der Waals surface area contributed by atoms with Crippen molar-refractivity contribution < 1.29 is 4.79 Å². The fraction of sp³-hybridized carbons (Fsp3) is 0.308. The van der Waals surface area contributed by atoms with Gasteiger partial charge in [0.05, 0.1) is 5.41 Å². The fourth-order valence-electron chi connectivity index (χ4n) is 3.10. The quantitative estimate of drug-likeness (QED) is 0.687. The van der Waals surface area contributed by atoms with Gasteiger partial charge in [0.25, 0.3) is 0 Å². The first-order valence-electron chi connectivity index (χ1n) is 5.42. The van der Waals surface area contributed by atoms with E-state index in [9.17, 15) is 4.79 Å². The normalized spacial score (nSPS) is 34.8. The van der Waals surface area contributed by atoms with Gasteiger partial charge >= 0.3 is 0 Å². The largest absolute Gasteiger partial charge is 0.387 e. The van der Waals surface area contributed by atoms with Gasteiger partial charge in [0.15, 0.2) is 5.78 Å². The molecule has 0 aromatic heterocycles. The maximum atomic E-state index is 12.4. The van der Waals surface area contributed by atoms with Gasteiger partial charge in [0, 0.05) is 17.8 Å². The molecule has 1 saturated heterocycles. The molecule has 1 aromatic rings. The molecule has 2 atom stereocenters. The molecule has 2 aliphatic carbocycles. The van der Waals surface area contributed by atoms with Gasteiger partial charge in [-0.2, -0.15) is 0 Å². The van der Waals surface area contributed by atoms with Crippen molar-refractivity contribution in [3.8, 4) is 0 Å². The summed E-state index contributed by atoms with van der Waals surface area (Å²) in [6, 6.07) is 7.91. The van der Waals surface area contributed by atoms with Crippen LogP contribution in [0.4, 0.5) is 0 Å². The van der Waals surface area contributed by atoms with Gasteiger partial charge in [-0.05, 0) is 24.0 Å². The molecule has 1 spiro atoms. The molecule has 0 radical (unpaired) electrons. The molecule has 1 saturated carbocycles. The lowest BCUT2D eigenvalue weighted by Gasteiger charge is -2.21. The molecule has 1 aromatic carbocycles. The number of nitrogens with one attached hydrogen (secondary N) is 1. The van der Waals surface area contributed by atoms with Gasteiger partial charge in [-0.1, -0.05) is 24.3 Å². The van der Waals surface area contributed by atoms with Crippen LogP contribution >= 0.6 is 0 Å². The van der Waals surface area contributed by atoms with Crippen LogP contribution in [-0.2, 0) is 0 Å². The molecule has 2 fully saturated rings. The van der Waals surface area contributed by atoms with Gasteiger partial charge in [0.2, 0.25) is 0 Å². The molecule has 15 heavy (non-hydrogen) atoms. The first kappa shape index (κ1) is 7.69. The maximum Gasteiger partial charge on any atom is 0.175 e. The first-order chi connectivity index (χ1) is 7.32. The van der Waals surface area contributed by atoms with Crippen LogP contribution in [0.5, 0.6) is 0 Å². The molecule has 3 aliphatic rings. The Morgan fingerprint density at radius 1 is 1.33 bits per heavy atom. The second-order valence-corrected chi connectivity index (χ2v) is 4.73. The van der Waals surface area contributed by atoms with Crippen LogP contribution in [0.15, 0.2) is 30.0 Å². The minimum Gasteiger partial charge on any atom is -0.387 e. The highest BCUT2D eigenvalue weighted by molar-refractivity contribution is 6.10. The van der Waals surface area contributed by atoms with E-state index in [0.29, 0.717) is 11.7 Å². The van der Waals surface area contributed by atoms with Crippen molar-refractivity contribution in [2.75, 3.05) is 6.54 Å². The van der Waals surface area contributed by atoms with Crippen molar-refractivity contribution in [1.29, 1.82) is 0 Å². The molecular formula is C13H11NO. The minimum atomic E-state index is -0.131. The van der Waals surface area contributed by atoms with Gasteiger partial charge in [0.1, 0.15) is 0 Å². The average molecular weight is 197 g/mol. The summed E-state index contributed by atoms with van der Waals surface area (Å²) in [5, 5.41) is 3.36. The Kier molecular flexibility index (Phi) is 1.11. The molecular weight excluding hydrogens is 186 g/mol. The fourth-order valence-corrected chi connectivity index (χ4v) is 3.10. The molecule has 0 bridgehead atoms. The summed E-state index contributed by atoms with van der Waals surface area (Å²) in [7, 11) is 0. The summed E-state index contributed by atoms with van der Waals surface area (Å²) in [4.78, 5) is 12.4. The second kappa shape index (κ2) is 2.16. The van der Waals surface area contributed by atoms with Crippen LogP contribution in [0.25, 0.3) is 6.08 Å². The summed E-state index contributed by atoms with van der Waals surface area (Å²) in [6.07, 6.45) is 3.21. The number of hydrogen-bond acceptors (Lipinski definition) is 2. The predicted octanol–water partition coefficient (Wildman–Crippen LogP) is 1.83. The van der Waals surface area contributed by atoms with Crippen LogP contribution in [0, 0.1) is 11.3 Å². The van der Waals surface area contributed by atoms with E-state index in [1.807, 2.05) is 24.3 Å². The average Bonchev–Trinajstić information content (AvgIpc) is 2.89. The van der Waals surface area contributed by atoms with Crippen molar-refractivity contribution in [2.24, 2.45) is 11.3 Å². The van der Waals surface area contributed by atoms with E-state index in [0.717, 1.165) is 29.8 Å². The zero-order chi connectivity index (χ0) is 10.0. The van der Waals surface area contributed by atoms with E-state index in [4.69, 9.17) is 0 Å². The van der Waals surface area contributed by atoms with Crippen LogP contribution in [0.2, 0.25) is 0 Å². The number of benzene rings is 1. The second-order valence-electron chi connectivity index (χ2n) is 4.73. The predicted molar refractivity (Wildman–Crippen MR) is 57.3 cm³/mol. The monoisotopic (exact) mass is 197 g/mol. The van der Waals surface area contributed by atoms with Gasteiger partial charge in [-0.15, -0.1) is 0 Å². The van der Waals surface area contributed by atoms with Crippen molar-refractivity contribution in [3.05, 3.63) is 41.1 Å². The highest BCUT2D eigenvalue weighted by Gasteiger charge is 2.66. The van der Waals surface area contributed by atoms with E-state index in [-0.39, 0.29) is 5.41 Å². The number of Topliss-reactive ketones (excluding diaryl/α,β-unsaturated/α-hetero) is 1. The zero-order valence-corrected chi connectivity index (χ0v) is 8.29. The Bertz CT molecular complexity index is 517. The molecule has 2 nitrogen and oxygen atoms in total. The Labute approximate surface area is 88.0 Å². The standard InChI is InChI=1S/C13H11NO/c15-12-10-4-2-1-3-8(10)5-11-13(12)6-9(13)7-14-11/h1-5,9,14H,6-7H2. The SMILES string of the molecule is O=C1c2ccccc2C=C2NCC3CC123. The van der Waals surface area contributed by atoms with Crippen LogP contribution < -0.4 is 5.32 Å². The third-order valence-electron chi connectivity index (χ3n) is 4.04. The topological polar surface area (TPSA) is 29.1 Å². The Hall–Kier alpha value is -1.57. The number of rotatable bonds is 0. The Balaban J connectivity index is 2.01. The highest BCUT2D eigenvalue weighted by Crippen LogP contribution is 2.63. The van der Waals surface area contributed by atoms with Crippen LogP contribution in [-0.4, -0.2) is 12.3 Å². The highest BCUT2D eigenvalue weighted by atomic mass is 16.1. The summed E-state index contributed by atoms with van der Waals surface area (Å²) >= 11 is 0. The summed E-state index contributed by atoms with van der Waals surface area (Å²) in [6.45, 7) is 0.978. The van der Waals surface area contributed by atoms with Gasteiger partial charge in [-0.25, -0.2) is 0 Å². The van der Waals surface area contributed by atoms with Crippen LogP contribution in [0.1, 0.15) is 22.3 Å². The minimum absolute atomic E-state index is 0.131. The van der Waals surface area contributed by atoms with Crippen molar-refractivity contribution in [2.45, 2.75) is 6.42 Å². The van der Waals surface area contributed by atoms with Crippen LogP contribution in [0.3, 0.4) is 0 Å². The number of allylic oxidation sites excluding steroid dienone is 1. The van der Waals surface area contributed by atoms with E-state index in [2.05, 4.69) is 11.4 Å². The lowest BCUT2D eigenvalue weighted by molar-refractivity contribution is 0.0917. The number of carbonyl (C=O) groups is 1. The molecule has 1 N–H and O–H groups in total. The zero-order valence-electron chi connectivity index (χ0n) is 8.29.